The molecule has 68 valence electrons. The summed E-state index contributed by atoms with van der Waals surface area (Å²) in [5.74, 6) is -0.0649. The molecule has 0 radical (unpaired) electrons. The molecular formula is C8H13NO3. The van der Waals surface area contributed by atoms with Gasteiger partial charge in [0.1, 0.15) is 6.10 Å². The van der Waals surface area contributed by atoms with Gasteiger partial charge in [-0.05, 0) is 18.8 Å². The summed E-state index contributed by atoms with van der Waals surface area (Å²) < 4.78 is 5.14. The molecule has 4 nitrogen and oxygen atoms in total. The maximum Gasteiger partial charge on any atom is 0.217 e. The van der Waals surface area contributed by atoms with E-state index in [9.17, 15) is 9.90 Å². The molecular weight excluding hydrogens is 158 g/mol. The molecule has 2 rings (SSSR count). The van der Waals surface area contributed by atoms with Gasteiger partial charge >= 0.3 is 0 Å². The van der Waals surface area contributed by atoms with Crippen LogP contribution in [0.2, 0.25) is 0 Å². The Labute approximate surface area is 70.7 Å². The van der Waals surface area contributed by atoms with Crippen LogP contribution in [0.25, 0.3) is 0 Å². The van der Waals surface area contributed by atoms with Crippen LogP contribution >= 0.6 is 0 Å². The molecule has 3 N–H and O–H groups in total. The number of amides is 1. The van der Waals surface area contributed by atoms with Crippen LogP contribution in [-0.2, 0) is 9.53 Å². The number of aliphatic hydroxyl groups is 1. The predicted octanol–water partition coefficient (Wildman–Crippen LogP) is -0.600. The fourth-order valence-electron chi connectivity index (χ4n) is 1.97. The number of hydrogen-bond acceptors (Lipinski definition) is 3. The number of epoxide rings is 1. The van der Waals surface area contributed by atoms with E-state index in [1.807, 2.05) is 0 Å². The van der Waals surface area contributed by atoms with Crippen molar-refractivity contribution in [3.05, 3.63) is 0 Å². The highest BCUT2D eigenvalue weighted by Crippen LogP contribution is 2.43. The number of hydrogen-bond donors (Lipinski definition) is 2. The van der Waals surface area contributed by atoms with Crippen LogP contribution in [-0.4, -0.2) is 29.3 Å². The molecule has 1 saturated carbocycles. The Hall–Kier alpha value is -0.610. The Morgan fingerprint density at radius 2 is 2.42 bits per heavy atom. The van der Waals surface area contributed by atoms with Crippen molar-refractivity contribution < 1.29 is 14.6 Å². The Morgan fingerprint density at radius 1 is 1.67 bits per heavy atom. The van der Waals surface area contributed by atoms with Gasteiger partial charge in [-0.15, -0.1) is 0 Å². The number of carbonyl (C=O) groups is 1. The van der Waals surface area contributed by atoms with E-state index in [2.05, 4.69) is 0 Å². The molecule has 1 saturated heterocycles. The topological polar surface area (TPSA) is 75.9 Å². The number of rotatable bonds is 3. The Kier molecular flexibility index (Phi) is 1.81. The third kappa shape index (κ3) is 1.32. The van der Waals surface area contributed by atoms with Gasteiger partial charge < -0.3 is 15.6 Å². The first kappa shape index (κ1) is 8.01. The van der Waals surface area contributed by atoms with E-state index >= 15 is 0 Å². The van der Waals surface area contributed by atoms with Gasteiger partial charge in [0.25, 0.3) is 0 Å². The summed E-state index contributed by atoms with van der Waals surface area (Å²) in [5, 5.41) is 9.53. The fourth-order valence-corrected chi connectivity index (χ4v) is 1.97. The normalized spacial score (nSPS) is 44.1. The van der Waals surface area contributed by atoms with Gasteiger partial charge in [-0.2, -0.15) is 0 Å². The first-order valence-corrected chi connectivity index (χ1v) is 4.30. The molecule has 1 amide bonds. The van der Waals surface area contributed by atoms with Gasteiger partial charge in [0.2, 0.25) is 5.91 Å². The average molecular weight is 171 g/mol. The van der Waals surface area contributed by atoms with Crippen LogP contribution in [0.3, 0.4) is 0 Å². The number of primary amides is 1. The minimum Gasteiger partial charge on any atom is -0.390 e. The van der Waals surface area contributed by atoms with E-state index in [1.165, 1.54) is 0 Å². The van der Waals surface area contributed by atoms with Gasteiger partial charge in [-0.25, -0.2) is 0 Å². The smallest absolute Gasteiger partial charge is 0.217 e. The van der Waals surface area contributed by atoms with Crippen molar-refractivity contribution in [2.75, 3.05) is 0 Å². The summed E-state index contributed by atoms with van der Waals surface area (Å²) in [5.41, 5.74) is 5.01. The minimum atomic E-state index is -0.366. The third-order valence-electron chi connectivity index (χ3n) is 2.74. The maximum absolute atomic E-state index is 10.5. The maximum atomic E-state index is 10.5. The molecule has 4 atom stereocenters. The molecule has 12 heavy (non-hydrogen) atoms. The highest BCUT2D eigenvalue weighted by Gasteiger charge is 2.54. The van der Waals surface area contributed by atoms with Crippen LogP contribution in [0.4, 0.5) is 0 Å². The summed E-state index contributed by atoms with van der Waals surface area (Å²) in [7, 11) is 0. The van der Waals surface area contributed by atoms with Gasteiger partial charge in [0, 0.05) is 6.42 Å². The summed E-state index contributed by atoms with van der Waals surface area (Å²) in [6, 6.07) is 0. The molecule has 1 aliphatic heterocycles. The Morgan fingerprint density at radius 3 is 2.92 bits per heavy atom. The fraction of sp³-hybridized carbons (Fsp3) is 0.875. The first-order valence-electron chi connectivity index (χ1n) is 4.30. The second kappa shape index (κ2) is 2.71. The summed E-state index contributed by atoms with van der Waals surface area (Å²) in [4.78, 5) is 10.5. The molecule has 0 aromatic carbocycles. The van der Waals surface area contributed by atoms with Crippen molar-refractivity contribution >= 4 is 5.91 Å². The largest absolute Gasteiger partial charge is 0.390 e. The van der Waals surface area contributed by atoms with Gasteiger partial charge in [-0.1, -0.05) is 0 Å². The number of fused-ring (bicyclic) bond motifs is 1. The molecule has 1 aliphatic carbocycles. The van der Waals surface area contributed by atoms with Crippen LogP contribution < -0.4 is 5.73 Å². The molecule has 4 heteroatoms. The average Bonchev–Trinajstić information content (AvgIpc) is 2.70. The third-order valence-corrected chi connectivity index (χ3v) is 2.74. The molecule has 2 aliphatic rings. The van der Waals surface area contributed by atoms with Crippen LogP contribution in [0, 0.1) is 5.92 Å². The van der Waals surface area contributed by atoms with Crippen molar-refractivity contribution in [2.45, 2.75) is 37.6 Å². The van der Waals surface area contributed by atoms with Crippen molar-refractivity contribution in [1.29, 1.82) is 0 Å². The highest BCUT2D eigenvalue weighted by molar-refractivity contribution is 5.73. The number of nitrogens with two attached hydrogens (primary N) is 1. The molecule has 0 spiro atoms. The summed E-state index contributed by atoms with van der Waals surface area (Å²) in [6.07, 6.45) is 1.92. The molecule has 0 aromatic heterocycles. The lowest BCUT2D eigenvalue weighted by atomic mass is 9.98. The van der Waals surface area contributed by atoms with Crippen LogP contribution in [0.1, 0.15) is 19.3 Å². The zero-order chi connectivity index (χ0) is 8.72. The van der Waals surface area contributed by atoms with E-state index in [0.717, 1.165) is 6.42 Å². The van der Waals surface area contributed by atoms with Crippen molar-refractivity contribution in [3.63, 3.8) is 0 Å². The lowest BCUT2D eigenvalue weighted by molar-refractivity contribution is -0.118. The molecule has 0 aromatic rings. The number of aliphatic hydroxyl groups excluding tert-OH is 1. The minimum absolute atomic E-state index is 0.0582. The quantitative estimate of drug-likeness (QED) is 0.557. The van der Waals surface area contributed by atoms with Crippen LogP contribution in [0.5, 0.6) is 0 Å². The molecule has 4 unspecified atom stereocenters. The second-order valence-electron chi connectivity index (χ2n) is 3.63. The zero-order valence-corrected chi connectivity index (χ0v) is 6.77. The van der Waals surface area contributed by atoms with E-state index < -0.39 is 0 Å². The SMILES string of the molecule is NC(=O)CCC1CC2OC2C1O. The van der Waals surface area contributed by atoms with E-state index in [1.54, 1.807) is 0 Å². The van der Waals surface area contributed by atoms with Gasteiger partial charge in [0.15, 0.2) is 0 Å². The monoisotopic (exact) mass is 171 g/mol. The molecule has 1 heterocycles. The van der Waals surface area contributed by atoms with E-state index in [0.29, 0.717) is 12.8 Å². The summed E-state index contributed by atoms with van der Waals surface area (Å²) >= 11 is 0. The van der Waals surface area contributed by atoms with Crippen molar-refractivity contribution in [1.82, 2.24) is 0 Å². The zero-order valence-electron chi connectivity index (χ0n) is 6.77. The number of ether oxygens (including phenoxy) is 1. The van der Waals surface area contributed by atoms with Gasteiger partial charge in [0.05, 0.1) is 12.2 Å². The summed E-state index contributed by atoms with van der Waals surface area (Å²) in [6.45, 7) is 0. The lowest BCUT2D eigenvalue weighted by Gasteiger charge is -2.15. The number of carbonyl (C=O) groups excluding carboxylic acids is 1. The Bertz CT molecular complexity index is 206. The molecule has 0 bridgehead atoms. The highest BCUT2D eigenvalue weighted by atomic mass is 16.6. The van der Waals surface area contributed by atoms with E-state index in [-0.39, 0.29) is 30.1 Å². The first-order chi connectivity index (χ1) is 5.68. The van der Waals surface area contributed by atoms with Gasteiger partial charge in [-0.3, -0.25) is 4.79 Å². The van der Waals surface area contributed by atoms with Crippen molar-refractivity contribution in [3.8, 4) is 0 Å². The molecule has 2 fully saturated rings. The van der Waals surface area contributed by atoms with Crippen molar-refractivity contribution in [2.24, 2.45) is 11.7 Å². The van der Waals surface area contributed by atoms with Crippen LogP contribution in [0.15, 0.2) is 0 Å². The predicted molar refractivity (Wildman–Crippen MR) is 41.2 cm³/mol. The Balaban J connectivity index is 1.78. The lowest BCUT2D eigenvalue weighted by Crippen LogP contribution is -2.22. The van der Waals surface area contributed by atoms with E-state index in [4.69, 9.17) is 10.5 Å². The second-order valence-corrected chi connectivity index (χ2v) is 3.63. The standard InChI is InChI=1S/C8H13NO3/c9-6(10)2-1-4-3-5-8(12-5)7(4)11/h4-5,7-8,11H,1-3H2,(H2,9,10).